The zero-order valence-electron chi connectivity index (χ0n) is 16.0. The standard InChI is InChI=1S/C22H21ClN4O2/c1-15(18-5-2-3-11-24-18)25-14-22(28)27-20(21-6-4-12-29-21)13-19(26-27)16-7-9-17(23)10-8-16/h2-12,15,20,25H,13-14H2,1H3. The number of hydrazone groups is 1. The van der Waals surface area contributed by atoms with Gasteiger partial charge in [0.15, 0.2) is 0 Å². The van der Waals surface area contributed by atoms with Crippen LogP contribution in [0.3, 0.4) is 0 Å². The molecular formula is C22H21ClN4O2. The Labute approximate surface area is 174 Å². The number of hydrogen-bond acceptors (Lipinski definition) is 5. The molecule has 0 radical (unpaired) electrons. The van der Waals surface area contributed by atoms with E-state index >= 15 is 0 Å². The van der Waals surface area contributed by atoms with Crippen molar-refractivity contribution in [2.24, 2.45) is 5.10 Å². The summed E-state index contributed by atoms with van der Waals surface area (Å²) in [5.41, 5.74) is 2.65. The second-order valence-electron chi connectivity index (χ2n) is 6.88. The van der Waals surface area contributed by atoms with Gasteiger partial charge in [-0.05, 0) is 48.9 Å². The number of amides is 1. The fraction of sp³-hybridized carbons (Fsp3) is 0.227. The predicted molar refractivity (Wildman–Crippen MR) is 112 cm³/mol. The first-order valence-electron chi connectivity index (χ1n) is 9.45. The molecule has 1 amide bonds. The second-order valence-corrected chi connectivity index (χ2v) is 7.32. The lowest BCUT2D eigenvalue weighted by Crippen LogP contribution is -2.36. The van der Waals surface area contributed by atoms with Gasteiger partial charge in [-0.2, -0.15) is 5.10 Å². The molecule has 0 saturated heterocycles. The van der Waals surface area contributed by atoms with Crippen molar-refractivity contribution in [3.8, 4) is 0 Å². The van der Waals surface area contributed by atoms with Crippen LogP contribution in [0.5, 0.6) is 0 Å². The summed E-state index contributed by atoms with van der Waals surface area (Å²) in [6.07, 6.45) is 3.93. The molecule has 0 aliphatic carbocycles. The van der Waals surface area contributed by atoms with Crippen LogP contribution in [0.4, 0.5) is 0 Å². The Hall–Kier alpha value is -2.96. The molecule has 1 aromatic carbocycles. The summed E-state index contributed by atoms with van der Waals surface area (Å²) in [5, 5.41) is 10.0. The maximum atomic E-state index is 13.0. The van der Waals surface area contributed by atoms with Gasteiger partial charge >= 0.3 is 0 Å². The van der Waals surface area contributed by atoms with Gasteiger partial charge in [-0.15, -0.1) is 0 Å². The molecule has 4 rings (SSSR count). The average molecular weight is 409 g/mol. The van der Waals surface area contributed by atoms with E-state index in [-0.39, 0.29) is 24.5 Å². The Balaban J connectivity index is 1.51. The smallest absolute Gasteiger partial charge is 0.257 e. The SMILES string of the molecule is CC(NCC(=O)N1N=C(c2ccc(Cl)cc2)CC1c1ccco1)c1ccccn1. The van der Waals surface area contributed by atoms with Crippen LogP contribution in [0.15, 0.2) is 76.6 Å². The molecule has 2 aromatic heterocycles. The van der Waals surface area contributed by atoms with E-state index in [9.17, 15) is 4.79 Å². The van der Waals surface area contributed by atoms with Crippen LogP contribution in [0.25, 0.3) is 0 Å². The third-order valence-corrected chi connectivity index (χ3v) is 5.16. The Morgan fingerprint density at radius 1 is 1.24 bits per heavy atom. The molecule has 148 valence electrons. The van der Waals surface area contributed by atoms with Crippen LogP contribution in [0.2, 0.25) is 5.02 Å². The molecule has 1 aliphatic heterocycles. The zero-order valence-corrected chi connectivity index (χ0v) is 16.7. The van der Waals surface area contributed by atoms with Gasteiger partial charge in [0.2, 0.25) is 0 Å². The number of nitrogens with one attached hydrogen (secondary N) is 1. The first-order valence-corrected chi connectivity index (χ1v) is 9.83. The van der Waals surface area contributed by atoms with Crippen molar-refractivity contribution in [3.05, 3.63) is 89.1 Å². The van der Waals surface area contributed by atoms with E-state index in [0.29, 0.717) is 17.2 Å². The van der Waals surface area contributed by atoms with Crippen LogP contribution >= 0.6 is 11.6 Å². The van der Waals surface area contributed by atoms with Crippen molar-refractivity contribution in [2.45, 2.75) is 25.4 Å². The maximum Gasteiger partial charge on any atom is 0.257 e. The summed E-state index contributed by atoms with van der Waals surface area (Å²) in [6, 6.07) is 16.6. The molecule has 6 nitrogen and oxygen atoms in total. The van der Waals surface area contributed by atoms with Crippen LogP contribution in [0.1, 0.15) is 42.4 Å². The zero-order chi connectivity index (χ0) is 20.2. The minimum absolute atomic E-state index is 0.0514. The number of hydrogen-bond donors (Lipinski definition) is 1. The number of benzene rings is 1. The van der Waals surface area contributed by atoms with Gasteiger partial charge in [0.25, 0.3) is 5.91 Å². The van der Waals surface area contributed by atoms with E-state index in [0.717, 1.165) is 17.0 Å². The molecule has 1 aliphatic rings. The van der Waals surface area contributed by atoms with Gasteiger partial charge in [0.1, 0.15) is 11.8 Å². The van der Waals surface area contributed by atoms with E-state index in [1.165, 1.54) is 5.01 Å². The Morgan fingerprint density at radius 2 is 2.07 bits per heavy atom. The average Bonchev–Trinajstić information content (AvgIpc) is 3.43. The van der Waals surface area contributed by atoms with Crippen LogP contribution in [-0.2, 0) is 4.79 Å². The highest BCUT2D eigenvalue weighted by atomic mass is 35.5. The van der Waals surface area contributed by atoms with Gasteiger partial charge in [-0.3, -0.25) is 9.78 Å². The summed E-state index contributed by atoms with van der Waals surface area (Å²) < 4.78 is 5.58. The van der Waals surface area contributed by atoms with Gasteiger partial charge in [0.05, 0.1) is 24.2 Å². The van der Waals surface area contributed by atoms with Crippen molar-refractivity contribution in [1.29, 1.82) is 0 Å². The minimum atomic E-state index is -0.268. The molecule has 2 atom stereocenters. The normalized spacial score (nSPS) is 17.2. The lowest BCUT2D eigenvalue weighted by atomic mass is 10.0. The molecule has 3 heterocycles. The summed E-state index contributed by atoms with van der Waals surface area (Å²) in [4.78, 5) is 17.3. The Bertz CT molecular complexity index is 987. The largest absolute Gasteiger partial charge is 0.467 e. The van der Waals surface area contributed by atoms with Crippen molar-refractivity contribution in [1.82, 2.24) is 15.3 Å². The number of rotatable bonds is 6. The van der Waals surface area contributed by atoms with Crippen LogP contribution in [0, 0.1) is 0 Å². The Morgan fingerprint density at radius 3 is 2.76 bits per heavy atom. The summed E-state index contributed by atoms with van der Waals surface area (Å²) in [6.45, 7) is 2.12. The highest BCUT2D eigenvalue weighted by Gasteiger charge is 2.34. The highest BCUT2D eigenvalue weighted by Crippen LogP contribution is 2.33. The number of halogens is 1. The molecule has 7 heteroatoms. The van der Waals surface area contributed by atoms with Crippen LogP contribution < -0.4 is 5.32 Å². The lowest BCUT2D eigenvalue weighted by molar-refractivity contribution is -0.132. The summed E-state index contributed by atoms with van der Waals surface area (Å²) >= 11 is 6.00. The van der Waals surface area contributed by atoms with Gasteiger partial charge in [-0.1, -0.05) is 29.8 Å². The van der Waals surface area contributed by atoms with Crippen molar-refractivity contribution in [2.75, 3.05) is 6.54 Å². The van der Waals surface area contributed by atoms with Gasteiger partial charge in [0, 0.05) is 23.7 Å². The van der Waals surface area contributed by atoms with Crippen molar-refractivity contribution >= 4 is 23.2 Å². The topological polar surface area (TPSA) is 70.7 Å². The van der Waals surface area contributed by atoms with Crippen molar-refractivity contribution in [3.63, 3.8) is 0 Å². The van der Waals surface area contributed by atoms with Gasteiger partial charge < -0.3 is 9.73 Å². The summed E-state index contributed by atoms with van der Waals surface area (Å²) in [7, 11) is 0. The van der Waals surface area contributed by atoms with E-state index in [1.54, 1.807) is 12.5 Å². The predicted octanol–water partition coefficient (Wildman–Crippen LogP) is 4.36. The molecule has 3 aromatic rings. The molecule has 0 saturated carbocycles. The lowest BCUT2D eigenvalue weighted by Gasteiger charge is -2.21. The molecule has 0 bridgehead atoms. The molecule has 29 heavy (non-hydrogen) atoms. The molecule has 2 unspecified atom stereocenters. The minimum Gasteiger partial charge on any atom is -0.467 e. The van der Waals surface area contributed by atoms with E-state index in [2.05, 4.69) is 15.4 Å². The van der Waals surface area contributed by atoms with Crippen molar-refractivity contribution < 1.29 is 9.21 Å². The summed E-state index contributed by atoms with van der Waals surface area (Å²) in [5.74, 6) is 0.585. The number of aromatic nitrogens is 1. The second kappa shape index (κ2) is 8.59. The fourth-order valence-corrected chi connectivity index (χ4v) is 3.44. The number of nitrogens with zero attached hydrogens (tertiary/aromatic N) is 3. The first-order chi connectivity index (χ1) is 14.1. The van der Waals surface area contributed by atoms with E-state index < -0.39 is 0 Å². The molecular weight excluding hydrogens is 388 g/mol. The van der Waals surface area contributed by atoms with Crippen LogP contribution in [-0.4, -0.2) is 28.2 Å². The molecule has 0 fully saturated rings. The number of furan rings is 1. The number of carbonyl (C=O) groups excluding carboxylic acids is 1. The third kappa shape index (κ3) is 4.39. The van der Waals surface area contributed by atoms with E-state index in [4.69, 9.17) is 16.0 Å². The highest BCUT2D eigenvalue weighted by molar-refractivity contribution is 6.30. The first kappa shape index (κ1) is 19.4. The number of carbonyl (C=O) groups is 1. The quantitative estimate of drug-likeness (QED) is 0.658. The Kier molecular flexibility index (Phi) is 5.74. The molecule has 0 spiro atoms. The molecule has 1 N–H and O–H groups in total. The fourth-order valence-electron chi connectivity index (χ4n) is 3.32. The van der Waals surface area contributed by atoms with E-state index in [1.807, 2.05) is 61.5 Å². The van der Waals surface area contributed by atoms with Gasteiger partial charge in [-0.25, -0.2) is 5.01 Å². The maximum absolute atomic E-state index is 13.0. The number of pyridine rings is 1. The monoisotopic (exact) mass is 408 g/mol. The third-order valence-electron chi connectivity index (χ3n) is 4.91.